The summed E-state index contributed by atoms with van der Waals surface area (Å²) in [5, 5.41) is 0.611. The van der Waals surface area contributed by atoms with Gasteiger partial charge in [-0.15, -0.1) is 0 Å². The molecule has 10 heteroatoms. The number of anilines is 1. The molecular formula is C20H18ClF3N2O2S2. The first-order chi connectivity index (χ1) is 14.0. The number of amidine groups is 1. The average molecular weight is 475 g/mol. The number of hydrogen-bond acceptors (Lipinski definition) is 5. The molecule has 1 fully saturated rings. The molecule has 2 heterocycles. The Bertz CT molecular complexity index is 1120. The number of hydrogen-bond donors (Lipinski definition) is 0. The van der Waals surface area contributed by atoms with E-state index in [-0.39, 0.29) is 22.2 Å². The normalized spacial score (nSPS) is 22.8. The maximum atomic E-state index is 13.3. The van der Waals surface area contributed by atoms with Gasteiger partial charge in [0.05, 0.1) is 39.9 Å². The number of alkyl halides is 3. The molecule has 2 aromatic carbocycles. The Morgan fingerprint density at radius 1 is 1.20 bits per heavy atom. The third kappa shape index (κ3) is 4.33. The summed E-state index contributed by atoms with van der Waals surface area (Å²) in [4.78, 5) is 6.14. The van der Waals surface area contributed by atoms with Crippen molar-refractivity contribution >= 4 is 44.1 Å². The van der Waals surface area contributed by atoms with Crippen molar-refractivity contribution in [3.05, 3.63) is 64.2 Å². The zero-order valence-corrected chi connectivity index (χ0v) is 18.2. The van der Waals surface area contributed by atoms with E-state index in [1.54, 1.807) is 4.90 Å². The largest absolute Gasteiger partial charge is 0.416 e. The van der Waals surface area contributed by atoms with E-state index in [1.807, 2.05) is 31.2 Å². The minimum Gasteiger partial charge on any atom is -0.313 e. The SMILES string of the molecule is Cc1cccc(CSC2=N[C@@H]3CS(=O)(=O)C[C@H]3N2c2cc(C(F)(F)F)ccc2Cl)c1. The predicted octanol–water partition coefficient (Wildman–Crippen LogP) is 4.94. The Morgan fingerprint density at radius 2 is 1.97 bits per heavy atom. The summed E-state index contributed by atoms with van der Waals surface area (Å²) in [6, 6.07) is 9.91. The highest BCUT2D eigenvalue weighted by Crippen LogP contribution is 2.41. The molecule has 0 saturated carbocycles. The minimum absolute atomic E-state index is 0.112. The molecule has 0 spiro atoms. The summed E-state index contributed by atoms with van der Waals surface area (Å²) in [6.45, 7) is 1.98. The number of sulfone groups is 1. The molecule has 0 amide bonds. The highest BCUT2D eigenvalue weighted by atomic mass is 35.5. The van der Waals surface area contributed by atoms with Crippen molar-refractivity contribution in [2.45, 2.75) is 30.9 Å². The van der Waals surface area contributed by atoms with Crippen molar-refractivity contribution in [1.29, 1.82) is 0 Å². The first-order valence-electron chi connectivity index (χ1n) is 9.16. The third-order valence-electron chi connectivity index (χ3n) is 5.09. The topological polar surface area (TPSA) is 49.7 Å². The lowest BCUT2D eigenvalue weighted by molar-refractivity contribution is -0.137. The van der Waals surface area contributed by atoms with Crippen molar-refractivity contribution in [2.75, 3.05) is 16.4 Å². The van der Waals surface area contributed by atoms with Gasteiger partial charge in [0.15, 0.2) is 15.0 Å². The lowest BCUT2D eigenvalue weighted by Crippen LogP contribution is -2.39. The van der Waals surface area contributed by atoms with E-state index in [9.17, 15) is 21.6 Å². The average Bonchev–Trinajstić information content (AvgIpc) is 3.11. The molecular weight excluding hydrogens is 457 g/mol. The smallest absolute Gasteiger partial charge is 0.313 e. The van der Waals surface area contributed by atoms with E-state index < -0.39 is 33.7 Å². The van der Waals surface area contributed by atoms with Crippen molar-refractivity contribution in [3.63, 3.8) is 0 Å². The van der Waals surface area contributed by atoms with Crippen LogP contribution in [0.3, 0.4) is 0 Å². The molecule has 2 aliphatic heterocycles. The molecule has 2 aliphatic rings. The summed E-state index contributed by atoms with van der Waals surface area (Å²) in [5.74, 6) is 0.279. The molecule has 0 bridgehead atoms. The maximum absolute atomic E-state index is 13.3. The molecule has 0 N–H and O–H groups in total. The van der Waals surface area contributed by atoms with Gasteiger partial charge in [-0.1, -0.05) is 53.2 Å². The van der Waals surface area contributed by atoms with E-state index in [1.165, 1.54) is 17.8 Å². The number of halogens is 4. The quantitative estimate of drug-likeness (QED) is 0.632. The van der Waals surface area contributed by atoms with Crippen molar-refractivity contribution in [3.8, 4) is 0 Å². The summed E-state index contributed by atoms with van der Waals surface area (Å²) in [7, 11) is -3.32. The lowest BCUT2D eigenvalue weighted by atomic mass is 10.1. The van der Waals surface area contributed by atoms with Crippen LogP contribution in [-0.2, 0) is 21.8 Å². The van der Waals surface area contributed by atoms with Crippen molar-refractivity contribution in [2.24, 2.45) is 4.99 Å². The molecule has 0 aromatic heterocycles. The van der Waals surface area contributed by atoms with Crippen LogP contribution in [0.25, 0.3) is 0 Å². The van der Waals surface area contributed by atoms with E-state index in [4.69, 9.17) is 11.6 Å². The first-order valence-corrected chi connectivity index (χ1v) is 12.3. The zero-order chi connectivity index (χ0) is 21.7. The van der Waals surface area contributed by atoms with Gasteiger partial charge in [0.1, 0.15) is 0 Å². The van der Waals surface area contributed by atoms with Crippen molar-refractivity contribution < 1.29 is 21.6 Å². The van der Waals surface area contributed by atoms with Gasteiger partial charge in [0.25, 0.3) is 0 Å². The highest BCUT2D eigenvalue weighted by Gasteiger charge is 2.48. The number of rotatable bonds is 3. The molecule has 0 radical (unpaired) electrons. The van der Waals surface area contributed by atoms with Gasteiger partial charge < -0.3 is 4.90 Å². The summed E-state index contributed by atoms with van der Waals surface area (Å²) in [5.41, 5.74) is 1.44. The van der Waals surface area contributed by atoms with Crippen LogP contribution < -0.4 is 4.90 Å². The van der Waals surface area contributed by atoms with Crippen LogP contribution in [0.15, 0.2) is 47.5 Å². The molecule has 4 rings (SSSR count). The van der Waals surface area contributed by atoms with Gasteiger partial charge >= 0.3 is 6.18 Å². The van der Waals surface area contributed by atoms with Crippen LogP contribution in [-0.4, -0.2) is 37.2 Å². The minimum atomic E-state index is -4.54. The van der Waals surface area contributed by atoms with E-state index in [0.717, 1.165) is 23.3 Å². The molecule has 0 unspecified atom stereocenters. The third-order valence-corrected chi connectivity index (χ3v) is 8.15. The van der Waals surface area contributed by atoms with Crippen LogP contribution in [0.4, 0.5) is 18.9 Å². The van der Waals surface area contributed by atoms with Crippen LogP contribution >= 0.6 is 23.4 Å². The van der Waals surface area contributed by atoms with Gasteiger partial charge in [-0.05, 0) is 30.7 Å². The number of thioether (sulfide) groups is 1. The number of nitrogens with zero attached hydrogens (tertiary/aromatic N) is 2. The second kappa shape index (κ2) is 7.76. The Balaban J connectivity index is 1.70. The lowest BCUT2D eigenvalue weighted by Gasteiger charge is -2.28. The van der Waals surface area contributed by atoms with E-state index in [0.29, 0.717) is 10.9 Å². The molecule has 30 heavy (non-hydrogen) atoms. The molecule has 1 saturated heterocycles. The Kier molecular flexibility index (Phi) is 5.57. The Hall–Kier alpha value is -1.71. The fourth-order valence-corrected chi connectivity index (χ4v) is 6.85. The second-order valence-corrected chi connectivity index (χ2v) is 10.9. The first kappa shape index (κ1) is 21.5. The second-order valence-electron chi connectivity index (χ2n) is 7.43. The van der Waals surface area contributed by atoms with E-state index in [2.05, 4.69) is 4.99 Å². The fourth-order valence-electron chi connectivity index (χ4n) is 3.74. The van der Waals surface area contributed by atoms with Gasteiger partial charge in [0.2, 0.25) is 0 Å². The molecule has 2 atom stereocenters. The molecule has 2 aromatic rings. The highest BCUT2D eigenvalue weighted by molar-refractivity contribution is 8.13. The van der Waals surface area contributed by atoms with Gasteiger partial charge in [-0.3, -0.25) is 4.99 Å². The standard InChI is InChI=1S/C20H18ClF3N2O2S2/c1-12-3-2-4-13(7-12)9-29-19-25-16-10-30(27,28)11-18(16)26(19)17-8-14(20(22,23)24)5-6-15(17)21/h2-8,16,18H,9-11H2,1H3/t16-,18-/m1/s1. The van der Waals surface area contributed by atoms with Gasteiger partial charge in [0, 0.05) is 5.75 Å². The number of fused-ring (bicyclic) bond motifs is 1. The number of aliphatic imine (C=N–C) groups is 1. The number of benzene rings is 2. The molecule has 160 valence electrons. The monoisotopic (exact) mass is 474 g/mol. The van der Waals surface area contributed by atoms with Gasteiger partial charge in [-0.2, -0.15) is 13.2 Å². The predicted molar refractivity (Wildman–Crippen MR) is 115 cm³/mol. The zero-order valence-electron chi connectivity index (χ0n) is 15.9. The van der Waals surface area contributed by atoms with Gasteiger partial charge in [-0.25, -0.2) is 8.42 Å². The van der Waals surface area contributed by atoms with Crippen LogP contribution in [0.1, 0.15) is 16.7 Å². The van der Waals surface area contributed by atoms with Crippen LogP contribution in [0, 0.1) is 6.92 Å². The summed E-state index contributed by atoms with van der Waals surface area (Å²) < 4.78 is 64.1. The fraction of sp³-hybridized carbons (Fsp3) is 0.350. The Morgan fingerprint density at radius 3 is 2.67 bits per heavy atom. The summed E-state index contributed by atoms with van der Waals surface area (Å²) in [6.07, 6.45) is -4.54. The van der Waals surface area contributed by atoms with Crippen LogP contribution in [0.5, 0.6) is 0 Å². The number of aryl methyl sites for hydroxylation is 1. The van der Waals surface area contributed by atoms with E-state index >= 15 is 0 Å². The van der Waals surface area contributed by atoms with Crippen LogP contribution in [0.2, 0.25) is 5.02 Å². The summed E-state index contributed by atoms with van der Waals surface area (Å²) >= 11 is 7.64. The van der Waals surface area contributed by atoms with Crippen molar-refractivity contribution in [1.82, 2.24) is 0 Å². The maximum Gasteiger partial charge on any atom is 0.416 e. The Labute approximate surface area is 182 Å². The molecule has 0 aliphatic carbocycles. The molecule has 4 nitrogen and oxygen atoms in total.